The molecule has 2 fully saturated rings. The number of nitrogens with zero attached hydrogens (tertiary/aromatic N) is 7. The van der Waals surface area contributed by atoms with Crippen LogP contribution in [-0.2, 0) is 41.8 Å². The molecular formula is C26H32F3N7O3. The second-order valence-corrected chi connectivity index (χ2v) is 11.4. The van der Waals surface area contributed by atoms with E-state index in [4.69, 9.17) is 4.74 Å². The molecule has 2 aromatic heterocycles. The summed E-state index contributed by atoms with van der Waals surface area (Å²) in [7, 11) is 0. The number of piperidine rings is 1. The number of hydrogen-bond acceptors (Lipinski definition) is 7. The van der Waals surface area contributed by atoms with E-state index in [-0.39, 0.29) is 54.9 Å². The summed E-state index contributed by atoms with van der Waals surface area (Å²) in [5.41, 5.74) is 2.78. The van der Waals surface area contributed by atoms with Crippen molar-refractivity contribution in [2.24, 2.45) is 11.8 Å². The zero-order valence-electron chi connectivity index (χ0n) is 22.1. The first-order chi connectivity index (χ1) is 18.5. The molecule has 0 N–H and O–H groups in total. The fourth-order valence-electron chi connectivity index (χ4n) is 5.97. The van der Waals surface area contributed by atoms with Crippen molar-refractivity contribution in [3.05, 3.63) is 35.2 Å². The Hall–Kier alpha value is -3.38. The van der Waals surface area contributed by atoms with Gasteiger partial charge in [0.2, 0.25) is 11.7 Å². The third-order valence-corrected chi connectivity index (χ3v) is 8.52. The molecule has 1 saturated heterocycles. The Labute approximate surface area is 224 Å². The number of carbonyl (C=O) groups excluding carboxylic acids is 2. The lowest BCUT2D eigenvalue weighted by atomic mass is 9.85. The van der Waals surface area contributed by atoms with Crippen LogP contribution in [0.5, 0.6) is 0 Å². The number of ether oxygens (including phenoxy) is 1. The quantitative estimate of drug-likeness (QED) is 0.582. The number of hydrogen-bond donors (Lipinski definition) is 0. The molecule has 0 spiro atoms. The highest BCUT2D eigenvalue weighted by molar-refractivity contribution is 5.79. The van der Waals surface area contributed by atoms with Crippen LogP contribution < -0.4 is 4.90 Å². The summed E-state index contributed by atoms with van der Waals surface area (Å²) >= 11 is 0. The molecule has 2 amide bonds. The maximum absolute atomic E-state index is 13.4. The lowest BCUT2D eigenvalue weighted by Gasteiger charge is -2.41. The SMILES string of the molecule is C[C@@H]1CN(c2ccnc3c2CCN(C(=O)OC2(C)CC2)C3)CC[C@@H]1C(=O)N1CCn2c(nnc2C(F)(F)F)C1. The van der Waals surface area contributed by atoms with Crippen molar-refractivity contribution < 1.29 is 27.5 Å². The Morgan fingerprint density at radius 3 is 2.59 bits per heavy atom. The van der Waals surface area contributed by atoms with E-state index in [1.54, 1.807) is 16.0 Å². The number of fused-ring (bicyclic) bond motifs is 2. The fraction of sp³-hybridized carbons (Fsp3) is 0.654. The number of rotatable bonds is 3. The normalized spacial score (nSPS) is 24.2. The van der Waals surface area contributed by atoms with Gasteiger partial charge in [0.15, 0.2) is 5.82 Å². The fourth-order valence-corrected chi connectivity index (χ4v) is 5.97. The smallest absolute Gasteiger partial charge is 0.443 e. The van der Waals surface area contributed by atoms with Gasteiger partial charge in [-0.25, -0.2) is 4.79 Å². The molecule has 2 aromatic rings. The van der Waals surface area contributed by atoms with Crippen LogP contribution in [0.25, 0.3) is 0 Å². The second-order valence-electron chi connectivity index (χ2n) is 11.4. The predicted octanol–water partition coefficient (Wildman–Crippen LogP) is 3.24. The summed E-state index contributed by atoms with van der Waals surface area (Å²) in [6, 6.07) is 2.00. The molecule has 0 bridgehead atoms. The summed E-state index contributed by atoms with van der Waals surface area (Å²) < 4.78 is 46.2. The Bertz CT molecular complexity index is 1290. The molecule has 1 saturated carbocycles. The third-order valence-electron chi connectivity index (χ3n) is 8.52. The molecule has 39 heavy (non-hydrogen) atoms. The minimum Gasteiger partial charge on any atom is -0.443 e. The van der Waals surface area contributed by atoms with E-state index in [0.717, 1.165) is 34.4 Å². The van der Waals surface area contributed by atoms with Crippen molar-refractivity contribution in [2.75, 3.05) is 31.1 Å². The Kier molecular flexibility index (Phi) is 6.22. The summed E-state index contributed by atoms with van der Waals surface area (Å²) in [5, 5.41) is 7.01. The van der Waals surface area contributed by atoms with E-state index < -0.39 is 12.0 Å². The lowest BCUT2D eigenvalue weighted by molar-refractivity contribution is -0.148. The standard InChI is InChI=1S/C26H32F3N7O3/c1-16-13-33(20-3-8-30-19-14-35(10-5-18(19)20)24(38)39-25(2)6-7-25)9-4-17(16)22(37)34-11-12-36-21(15-34)31-32-23(36)26(27,28)29/h3,8,16-17H,4-7,9-15H2,1-2H3/t16-,17+/m1/s1. The summed E-state index contributed by atoms with van der Waals surface area (Å²) in [4.78, 5) is 36.2. The zero-order valence-corrected chi connectivity index (χ0v) is 22.1. The van der Waals surface area contributed by atoms with Crippen LogP contribution in [0.1, 0.15) is 56.0 Å². The predicted molar refractivity (Wildman–Crippen MR) is 132 cm³/mol. The van der Waals surface area contributed by atoms with E-state index in [1.807, 2.05) is 19.9 Å². The van der Waals surface area contributed by atoms with E-state index in [9.17, 15) is 22.8 Å². The molecule has 2 atom stereocenters. The number of anilines is 1. The number of carbonyl (C=O) groups is 2. The summed E-state index contributed by atoms with van der Waals surface area (Å²) in [5.74, 6) is -1.05. The van der Waals surface area contributed by atoms with Gasteiger partial charge in [-0.1, -0.05) is 6.92 Å². The van der Waals surface area contributed by atoms with Crippen molar-refractivity contribution in [1.82, 2.24) is 29.5 Å². The lowest BCUT2D eigenvalue weighted by Crippen LogP contribution is -2.49. The van der Waals surface area contributed by atoms with Gasteiger partial charge in [-0.2, -0.15) is 13.2 Å². The molecule has 4 aliphatic rings. The van der Waals surface area contributed by atoms with Gasteiger partial charge < -0.3 is 24.0 Å². The topological polar surface area (TPSA) is 96.7 Å². The molecule has 10 nitrogen and oxygen atoms in total. The third kappa shape index (κ3) is 4.91. The van der Waals surface area contributed by atoms with Gasteiger partial charge in [0.05, 0.1) is 18.8 Å². The molecule has 5 heterocycles. The van der Waals surface area contributed by atoms with Crippen molar-refractivity contribution in [3.8, 4) is 0 Å². The molecule has 13 heteroatoms. The van der Waals surface area contributed by atoms with E-state index >= 15 is 0 Å². The minimum atomic E-state index is -4.57. The Balaban J connectivity index is 1.10. The monoisotopic (exact) mass is 547 g/mol. The van der Waals surface area contributed by atoms with Crippen molar-refractivity contribution in [3.63, 3.8) is 0 Å². The first kappa shape index (κ1) is 25.9. The maximum atomic E-state index is 13.4. The van der Waals surface area contributed by atoms with Gasteiger partial charge in [0, 0.05) is 56.1 Å². The van der Waals surface area contributed by atoms with Crippen molar-refractivity contribution >= 4 is 17.7 Å². The van der Waals surface area contributed by atoms with Gasteiger partial charge in [-0.15, -0.1) is 10.2 Å². The first-order valence-corrected chi connectivity index (χ1v) is 13.5. The molecule has 0 unspecified atom stereocenters. The Morgan fingerprint density at radius 1 is 1.08 bits per heavy atom. The Morgan fingerprint density at radius 2 is 1.87 bits per heavy atom. The molecule has 0 aromatic carbocycles. The van der Waals surface area contributed by atoms with E-state index in [0.29, 0.717) is 39.0 Å². The molecule has 6 rings (SSSR count). The van der Waals surface area contributed by atoms with Gasteiger partial charge in [-0.05, 0) is 44.6 Å². The van der Waals surface area contributed by atoms with Crippen LogP contribution in [0.2, 0.25) is 0 Å². The van der Waals surface area contributed by atoms with Crippen molar-refractivity contribution in [1.29, 1.82) is 0 Å². The maximum Gasteiger partial charge on any atom is 0.451 e. The number of aromatic nitrogens is 4. The van der Waals surface area contributed by atoms with Gasteiger partial charge in [0.1, 0.15) is 5.60 Å². The van der Waals surface area contributed by atoms with Crippen LogP contribution in [0.4, 0.5) is 23.7 Å². The molecule has 210 valence electrons. The van der Waals surface area contributed by atoms with Gasteiger partial charge >= 0.3 is 12.3 Å². The molecule has 0 radical (unpaired) electrons. The zero-order chi connectivity index (χ0) is 27.5. The number of pyridine rings is 1. The van der Waals surface area contributed by atoms with E-state index in [2.05, 4.69) is 20.1 Å². The second kappa shape index (κ2) is 9.37. The number of amides is 2. The van der Waals surface area contributed by atoms with Crippen LogP contribution >= 0.6 is 0 Å². The number of halogens is 3. The van der Waals surface area contributed by atoms with Crippen LogP contribution in [0.3, 0.4) is 0 Å². The highest BCUT2D eigenvalue weighted by atomic mass is 19.4. The minimum absolute atomic E-state index is 0.0308. The van der Waals surface area contributed by atoms with Crippen LogP contribution in [0, 0.1) is 11.8 Å². The molecule has 1 aliphatic carbocycles. The van der Waals surface area contributed by atoms with Crippen LogP contribution in [0.15, 0.2) is 12.3 Å². The summed E-state index contributed by atoms with van der Waals surface area (Å²) in [6.07, 6.45) is 0.0534. The number of alkyl halides is 3. The van der Waals surface area contributed by atoms with Gasteiger partial charge in [-0.3, -0.25) is 9.78 Å². The van der Waals surface area contributed by atoms with Crippen molar-refractivity contribution in [2.45, 2.75) is 70.9 Å². The molecule has 3 aliphatic heterocycles. The highest BCUT2D eigenvalue weighted by Crippen LogP contribution is 2.40. The van der Waals surface area contributed by atoms with Gasteiger partial charge in [0.25, 0.3) is 0 Å². The molecular weight excluding hydrogens is 515 g/mol. The average Bonchev–Trinajstić information content (AvgIpc) is 3.46. The average molecular weight is 548 g/mol. The largest absolute Gasteiger partial charge is 0.451 e. The first-order valence-electron chi connectivity index (χ1n) is 13.5. The van der Waals surface area contributed by atoms with Crippen LogP contribution in [-0.4, -0.2) is 73.3 Å². The van der Waals surface area contributed by atoms with E-state index in [1.165, 1.54) is 0 Å². The summed E-state index contributed by atoms with van der Waals surface area (Å²) in [6.45, 7) is 6.62. The highest BCUT2D eigenvalue weighted by Gasteiger charge is 2.44.